The standard InChI is InChI=1S/C13H21NO6S/c1-18-7-8-20-6-5-14-21(16,17)13-4-3-11(10-15)9-12(13)19-2/h3-4,9,14-15H,5-8,10H2,1-2H3. The fourth-order valence-corrected chi connectivity index (χ4v) is 2.76. The van der Waals surface area contributed by atoms with Gasteiger partial charge in [0.25, 0.3) is 0 Å². The average molecular weight is 319 g/mol. The molecular formula is C13H21NO6S. The Bertz CT molecular complexity index is 531. The van der Waals surface area contributed by atoms with Crippen LogP contribution in [0, 0.1) is 0 Å². The molecule has 0 aromatic heterocycles. The molecule has 0 aliphatic heterocycles. The maximum atomic E-state index is 12.2. The first kappa shape index (κ1) is 17.9. The van der Waals surface area contributed by atoms with E-state index in [2.05, 4.69) is 4.72 Å². The molecule has 7 nitrogen and oxygen atoms in total. The maximum absolute atomic E-state index is 12.2. The zero-order valence-electron chi connectivity index (χ0n) is 12.2. The average Bonchev–Trinajstić information content (AvgIpc) is 2.50. The van der Waals surface area contributed by atoms with Crippen molar-refractivity contribution < 1.29 is 27.7 Å². The zero-order valence-corrected chi connectivity index (χ0v) is 13.0. The summed E-state index contributed by atoms with van der Waals surface area (Å²) in [5.74, 6) is 0.189. The quantitative estimate of drug-likeness (QED) is 0.595. The first-order chi connectivity index (χ1) is 10.0. The predicted molar refractivity (Wildman–Crippen MR) is 76.8 cm³/mol. The molecule has 0 amide bonds. The van der Waals surface area contributed by atoms with Gasteiger partial charge in [0, 0.05) is 13.7 Å². The van der Waals surface area contributed by atoms with Crippen molar-refractivity contribution in [3.05, 3.63) is 23.8 Å². The van der Waals surface area contributed by atoms with E-state index in [1.807, 2.05) is 0 Å². The molecular weight excluding hydrogens is 298 g/mol. The van der Waals surface area contributed by atoms with E-state index >= 15 is 0 Å². The van der Waals surface area contributed by atoms with Crippen LogP contribution in [0.2, 0.25) is 0 Å². The number of ether oxygens (including phenoxy) is 3. The largest absolute Gasteiger partial charge is 0.495 e. The molecule has 1 aromatic carbocycles. The van der Waals surface area contributed by atoms with Crippen LogP contribution in [0.25, 0.3) is 0 Å². The van der Waals surface area contributed by atoms with Crippen molar-refractivity contribution in [3.63, 3.8) is 0 Å². The molecule has 0 saturated carbocycles. The lowest BCUT2D eigenvalue weighted by Crippen LogP contribution is -2.28. The number of rotatable bonds is 10. The van der Waals surface area contributed by atoms with Crippen LogP contribution >= 0.6 is 0 Å². The molecule has 0 bridgehead atoms. The van der Waals surface area contributed by atoms with Crippen LogP contribution in [-0.4, -0.2) is 54.1 Å². The third-order valence-electron chi connectivity index (χ3n) is 2.67. The van der Waals surface area contributed by atoms with Gasteiger partial charge >= 0.3 is 0 Å². The van der Waals surface area contributed by atoms with E-state index < -0.39 is 10.0 Å². The van der Waals surface area contributed by atoms with Crippen LogP contribution in [0.4, 0.5) is 0 Å². The molecule has 1 rings (SSSR count). The van der Waals surface area contributed by atoms with Crippen LogP contribution in [0.15, 0.2) is 23.1 Å². The van der Waals surface area contributed by atoms with Gasteiger partial charge in [0.1, 0.15) is 10.6 Å². The molecule has 0 fully saturated rings. The second kappa shape index (κ2) is 8.96. The SMILES string of the molecule is COCCOCCNS(=O)(=O)c1ccc(CO)cc1OC. The Morgan fingerprint density at radius 3 is 2.57 bits per heavy atom. The molecule has 8 heteroatoms. The molecule has 0 unspecified atom stereocenters. The summed E-state index contributed by atoms with van der Waals surface area (Å²) in [7, 11) is -0.746. The maximum Gasteiger partial charge on any atom is 0.244 e. The van der Waals surface area contributed by atoms with Crippen molar-refractivity contribution in [1.29, 1.82) is 0 Å². The zero-order chi connectivity index (χ0) is 15.7. The minimum absolute atomic E-state index is 0.0269. The summed E-state index contributed by atoms with van der Waals surface area (Å²) in [6, 6.07) is 4.42. The van der Waals surface area contributed by atoms with Gasteiger partial charge in [0.05, 0.1) is 33.5 Å². The van der Waals surface area contributed by atoms with Crippen molar-refractivity contribution >= 4 is 10.0 Å². The van der Waals surface area contributed by atoms with Gasteiger partial charge < -0.3 is 19.3 Å². The summed E-state index contributed by atoms with van der Waals surface area (Å²) in [5.41, 5.74) is 0.577. The summed E-state index contributed by atoms with van der Waals surface area (Å²) in [5, 5.41) is 9.05. The number of nitrogens with one attached hydrogen (secondary N) is 1. The number of aliphatic hydroxyl groups is 1. The minimum Gasteiger partial charge on any atom is -0.495 e. The molecule has 0 saturated heterocycles. The van der Waals surface area contributed by atoms with E-state index in [9.17, 15) is 8.42 Å². The fourth-order valence-electron chi connectivity index (χ4n) is 1.60. The number of aliphatic hydroxyl groups excluding tert-OH is 1. The highest BCUT2D eigenvalue weighted by Gasteiger charge is 2.19. The van der Waals surface area contributed by atoms with Crippen molar-refractivity contribution in [2.75, 3.05) is 40.6 Å². The Hall–Kier alpha value is -1.19. The molecule has 0 atom stereocenters. The van der Waals surface area contributed by atoms with E-state index in [0.717, 1.165) is 0 Å². The second-order valence-electron chi connectivity index (χ2n) is 4.15. The highest BCUT2D eigenvalue weighted by molar-refractivity contribution is 7.89. The molecule has 0 aliphatic rings. The van der Waals surface area contributed by atoms with E-state index in [1.54, 1.807) is 7.11 Å². The smallest absolute Gasteiger partial charge is 0.244 e. The van der Waals surface area contributed by atoms with E-state index in [0.29, 0.717) is 18.8 Å². The van der Waals surface area contributed by atoms with Gasteiger partial charge in [-0.15, -0.1) is 0 Å². The molecule has 1 aromatic rings. The van der Waals surface area contributed by atoms with Gasteiger partial charge in [0.2, 0.25) is 10.0 Å². The summed E-state index contributed by atoms with van der Waals surface area (Å²) in [6.07, 6.45) is 0. The molecule has 0 aliphatic carbocycles. The van der Waals surface area contributed by atoms with Gasteiger partial charge in [-0.1, -0.05) is 6.07 Å². The second-order valence-corrected chi connectivity index (χ2v) is 5.88. The third kappa shape index (κ3) is 5.60. The Morgan fingerprint density at radius 1 is 1.19 bits per heavy atom. The van der Waals surface area contributed by atoms with Crippen molar-refractivity contribution in [1.82, 2.24) is 4.72 Å². The van der Waals surface area contributed by atoms with Crippen molar-refractivity contribution in [2.45, 2.75) is 11.5 Å². The van der Waals surface area contributed by atoms with Crippen LogP contribution in [-0.2, 0) is 26.1 Å². The summed E-state index contributed by atoms with van der Waals surface area (Å²) < 4.78 is 41.8. The topological polar surface area (TPSA) is 94.1 Å². The van der Waals surface area contributed by atoms with Crippen LogP contribution in [0.5, 0.6) is 5.75 Å². The van der Waals surface area contributed by atoms with Crippen LogP contribution in [0.3, 0.4) is 0 Å². The minimum atomic E-state index is -3.69. The molecule has 0 radical (unpaired) electrons. The molecule has 120 valence electrons. The highest BCUT2D eigenvalue weighted by Crippen LogP contribution is 2.24. The Labute approximate surface area is 124 Å². The lowest BCUT2D eigenvalue weighted by molar-refractivity contribution is 0.0736. The number of hydrogen-bond donors (Lipinski definition) is 2. The molecule has 21 heavy (non-hydrogen) atoms. The number of hydrogen-bond acceptors (Lipinski definition) is 6. The van der Waals surface area contributed by atoms with Gasteiger partial charge in [-0.2, -0.15) is 0 Å². The van der Waals surface area contributed by atoms with Crippen molar-refractivity contribution in [2.24, 2.45) is 0 Å². The Kier molecular flexibility index (Phi) is 7.62. The molecule has 0 heterocycles. The van der Waals surface area contributed by atoms with Crippen molar-refractivity contribution in [3.8, 4) is 5.75 Å². The van der Waals surface area contributed by atoms with E-state index in [4.69, 9.17) is 19.3 Å². The number of methoxy groups -OCH3 is 2. The summed E-state index contributed by atoms with van der Waals surface area (Å²) in [4.78, 5) is 0.0269. The lowest BCUT2D eigenvalue weighted by Gasteiger charge is -2.12. The first-order valence-corrected chi connectivity index (χ1v) is 7.87. The summed E-state index contributed by atoms with van der Waals surface area (Å²) in [6.45, 7) is 1.09. The number of sulfonamides is 1. The normalized spacial score (nSPS) is 11.6. The van der Waals surface area contributed by atoms with Crippen LogP contribution in [0.1, 0.15) is 5.56 Å². The first-order valence-electron chi connectivity index (χ1n) is 6.39. The Balaban J connectivity index is 2.65. The lowest BCUT2D eigenvalue weighted by atomic mass is 10.2. The van der Waals surface area contributed by atoms with Gasteiger partial charge in [-0.25, -0.2) is 13.1 Å². The predicted octanol–water partition coefficient (Wildman–Crippen LogP) is 0.129. The van der Waals surface area contributed by atoms with E-state index in [-0.39, 0.29) is 30.4 Å². The number of benzene rings is 1. The summed E-state index contributed by atoms with van der Waals surface area (Å²) >= 11 is 0. The fraction of sp³-hybridized carbons (Fsp3) is 0.538. The monoisotopic (exact) mass is 319 g/mol. The van der Waals surface area contributed by atoms with E-state index in [1.165, 1.54) is 25.3 Å². The Morgan fingerprint density at radius 2 is 1.95 bits per heavy atom. The molecule has 2 N–H and O–H groups in total. The molecule has 0 spiro atoms. The van der Waals surface area contributed by atoms with Gasteiger partial charge in [0.15, 0.2) is 0 Å². The third-order valence-corrected chi connectivity index (χ3v) is 4.17. The van der Waals surface area contributed by atoms with Gasteiger partial charge in [-0.3, -0.25) is 0 Å². The van der Waals surface area contributed by atoms with Gasteiger partial charge in [-0.05, 0) is 17.7 Å². The van der Waals surface area contributed by atoms with Crippen LogP contribution < -0.4 is 9.46 Å². The highest BCUT2D eigenvalue weighted by atomic mass is 32.2.